The van der Waals surface area contributed by atoms with E-state index < -0.39 is 0 Å². The number of aromatic hydroxyl groups is 1. The van der Waals surface area contributed by atoms with Crippen molar-refractivity contribution >= 4 is 43.8 Å². The van der Waals surface area contributed by atoms with Gasteiger partial charge in [0.2, 0.25) is 0 Å². The number of rotatable bonds is 4. The molecule has 0 spiro atoms. The van der Waals surface area contributed by atoms with Gasteiger partial charge >= 0.3 is 0 Å². The van der Waals surface area contributed by atoms with Gasteiger partial charge in [0.05, 0.1) is 16.8 Å². The topological polar surface area (TPSA) is 41.8 Å². The molecule has 0 unspecified atom stereocenters. The van der Waals surface area contributed by atoms with Crippen molar-refractivity contribution in [3.8, 4) is 11.5 Å². The number of phenols is 1. The van der Waals surface area contributed by atoms with Crippen LogP contribution in [0.25, 0.3) is 0 Å². The van der Waals surface area contributed by atoms with Crippen molar-refractivity contribution in [2.45, 2.75) is 6.92 Å². The molecule has 0 aromatic heterocycles. The lowest BCUT2D eigenvalue weighted by molar-refractivity contribution is 0.340. The molecule has 0 radical (unpaired) electrons. The van der Waals surface area contributed by atoms with E-state index >= 15 is 0 Å². The molecule has 2 aromatic rings. The van der Waals surface area contributed by atoms with Gasteiger partial charge in [0.25, 0.3) is 0 Å². The molecule has 0 aliphatic heterocycles. The Morgan fingerprint density at radius 1 is 1.20 bits per heavy atom. The zero-order valence-corrected chi connectivity index (χ0v) is 14.0. The van der Waals surface area contributed by atoms with Crippen LogP contribution in [0.15, 0.2) is 50.3 Å². The highest BCUT2D eigenvalue weighted by Crippen LogP contribution is 2.31. The van der Waals surface area contributed by atoms with Crippen LogP contribution in [0.4, 0.5) is 5.69 Å². The highest BCUT2D eigenvalue weighted by atomic mass is 79.9. The van der Waals surface area contributed by atoms with Crippen LogP contribution in [0.1, 0.15) is 12.5 Å². The second-order valence-electron chi connectivity index (χ2n) is 4.01. The fourth-order valence-electron chi connectivity index (χ4n) is 1.62. The first-order valence-corrected chi connectivity index (χ1v) is 7.63. The van der Waals surface area contributed by atoms with E-state index in [0.29, 0.717) is 16.6 Å². The number of hydrogen-bond donors (Lipinski definition) is 1. The maximum atomic E-state index is 9.94. The predicted octanol–water partition coefficient (Wildman–Crippen LogP) is 5.07. The molecule has 0 atom stereocenters. The SMILES string of the molecule is CCOc1ccc(N=Cc2cc(Br)cc(Br)c2O)cc1. The summed E-state index contributed by atoms with van der Waals surface area (Å²) >= 11 is 6.67. The number of phenolic OH excluding ortho intramolecular Hbond substituents is 1. The molecule has 0 fully saturated rings. The summed E-state index contributed by atoms with van der Waals surface area (Å²) in [7, 11) is 0. The van der Waals surface area contributed by atoms with E-state index in [1.54, 1.807) is 18.3 Å². The van der Waals surface area contributed by atoms with Crippen molar-refractivity contribution in [3.05, 3.63) is 50.9 Å². The van der Waals surface area contributed by atoms with Gasteiger partial charge in [-0.2, -0.15) is 0 Å². The summed E-state index contributed by atoms with van der Waals surface area (Å²) in [6, 6.07) is 11.1. The van der Waals surface area contributed by atoms with Crippen LogP contribution in [-0.2, 0) is 0 Å². The molecule has 0 saturated heterocycles. The molecule has 3 nitrogen and oxygen atoms in total. The summed E-state index contributed by atoms with van der Waals surface area (Å²) in [6.07, 6.45) is 1.63. The van der Waals surface area contributed by atoms with Crippen LogP contribution in [0, 0.1) is 0 Å². The first-order valence-electron chi connectivity index (χ1n) is 6.05. The average Bonchev–Trinajstić information content (AvgIpc) is 2.43. The largest absolute Gasteiger partial charge is 0.506 e. The number of ether oxygens (including phenoxy) is 1. The molecule has 0 saturated carbocycles. The second kappa shape index (κ2) is 6.90. The van der Waals surface area contributed by atoms with Crippen molar-refractivity contribution in [1.29, 1.82) is 0 Å². The third-order valence-electron chi connectivity index (χ3n) is 2.56. The summed E-state index contributed by atoms with van der Waals surface area (Å²) in [5.74, 6) is 0.988. The van der Waals surface area contributed by atoms with E-state index in [1.807, 2.05) is 31.2 Å². The van der Waals surface area contributed by atoms with Crippen molar-refractivity contribution < 1.29 is 9.84 Å². The van der Waals surface area contributed by atoms with Crippen LogP contribution in [0.3, 0.4) is 0 Å². The molecule has 104 valence electrons. The van der Waals surface area contributed by atoms with Gasteiger partial charge in [0.15, 0.2) is 0 Å². The molecular weight excluding hydrogens is 386 g/mol. The van der Waals surface area contributed by atoms with Crippen LogP contribution >= 0.6 is 31.9 Å². The molecule has 0 aliphatic carbocycles. The lowest BCUT2D eigenvalue weighted by atomic mass is 10.2. The second-order valence-corrected chi connectivity index (χ2v) is 5.78. The Kier molecular flexibility index (Phi) is 5.20. The lowest BCUT2D eigenvalue weighted by Gasteiger charge is -2.04. The molecule has 0 bridgehead atoms. The average molecular weight is 399 g/mol. The van der Waals surface area contributed by atoms with Crippen LogP contribution in [-0.4, -0.2) is 17.9 Å². The smallest absolute Gasteiger partial charge is 0.138 e. The predicted molar refractivity (Wildman–Crippen MR) is 88.4 cm³/mol. The molecule has 0 heterocycles. The fraction of sp³-hybridized carbons (Fsp3) is 0.133. The third-order valence-corrected chi connectivity index (χ3v) is 3.62. The Balaban J connectivity index is 2.21. The number of halogens is 2. The van der Waals surface area contributed by atoms with Gasteiger partial charge in [0, 0.05) is 16.3 Å². The van der Waals surface area contributed by atoms with Crippen molar-refractivity contribution in [1.82, 2.24) is 0 Å². The molecule has 2 aromatic carbocycles. The van der Waals surface area contributed by atoms with Gasteiger partial charge in [-0.25, -0.2) is 0 Å². The van der Waals surface area contributed by atoms with Gasteiger partial charge in [-0.1, -0.05) is 15.9 Å². The minimum Gasteiger partial charge on any atom is -0.506 e. The van der Waals surface area contributed by atoms with E-state index in [0.717, 1.165) is 15.9 Å². The summed E-state index contributed by atoms with van der Waals surface area (Å²) in [5, 5.41) is 9.94. The van der Waals surface area contributed by atoms with Gasteiger partial charge < -0.3 is 9.84 Å². The first kappa shape index (κ1) is 15.1. The Bertz CT molecular complexity index is 625. The number of nitrogens with zero attached hydrogens (tertiary/aromatic N) is 1. The van der Waals surface area contributed by atoms with Crippen molar-refractivity contribution in [2.75, 3.05) is 6.61 Å². The number of benzene rings is 2. The maximum absolute atomic E-state index is 9.94. The molecule has 0 amide bonds. The van der Waals surface area contributed by atoms with E-state index in [9.17, 15) is 5.11 Å². The zero-order chi connectivity index (χ0) is 14.5. The van der Waals surface area contributed by atoms with E-state index in [1.165, 1.54) is 0 Å². The van der Waals surface area contributed by atoms with Crippen molar-refractivity contribution in [2.24, 2.45) is 4.99 Å². The molecule has 2 rings (SSSR count). The minimum atomic E-state index is 0.169. The van der Waals surface area contributed by atoms with Crippen LogP contribution in [0.2, 0.25) is 0 Å². The Labute approximate surface area is 134 Å². The quantitative estimate of drug-likeness (QED) is 0.730. The van der Waals surface area contributed by atoms with E-state index in [4.69, 9.17) is 4.74 Å². The van der Waals surface area contributed by atoms with Gasteiger partial charge in [0.1, 0.15) is 11.5 Å². The van der Waals surface area contributed by atoms with Gasteiger partial charge in [-0.05, 0) is 59.3 Å². The minimum absolute atomic E-state index is 0.169. The molecule has 0 aliphatic rings. The molecule has 5 heteroatoms. The van der Waals surface area contributed by atoms with Crippen LogP contribution < -0.4 is 4.74 Å². The Morgan fingerprint density at radius 3 is 2.55 bits per heavy atom. The zero-order valence-electron chi connectivity index (χ0n) is 10.8. The summed E-state index contributed by atoms with van der Waals surface area (Å²) < 4.78 is 6.87. The number of hydrogen-bond acceptors (Lipinski definition) is 3. The van der Waals surface area contributed by atoms with E-state index in [-0.39, 0.29) is 5.75 Å². The molecule has 1 N–H and O–H groups in total. The lowest BCUT2D eigenvalue weighted by Crippen LogP contribution is -1.89. The fourth-order valence-corrected chi connectivity index (χ4v) is 2.88. The molecule has 20 heavy (non-hydrogen) atoms. The normalized spacial score (nSPS) is 10.9. The van der Waals surface area contributed by atoms with Gasteiger partial charge in [-0.15, -0.1) is 0 Å². The summed E-state index contributed by atoms with van der Waals surface area (Å²) in [4.78, 5) is 4.34. The standard InChI is InChI=1S/C15H13Br2NO2/c1-2-20-13-5-3-12(4-6-13)18-9-10-7-11(16)8-14(17)15(10)19/h3-9,19H,2H2,1H3. The number of aliphatic imine (C=N–C) groups is 1. The van der Waals surface area contributed by atoms with Gasteiger partial charge in [-0.3, -0.25) is 4.99 Å². The Hall–Kier alpha value is -1.33. The summed E-state index contributed by atoms with van der Waals surface area (Å²) in [6.45, 7) is 2.59. The monoisotopic (exact) mass is 397 g/mol. The Morgan fingerprint density at radius 2 is 1.90 bits per heavy atom. The van der Waals surface area contributed by atoms with Crippen molar-refractivity contribution in [3.63, 3.8) is 0 Å². The highest BCUT2D eigenvalue weighted by molar-refractivity contribution is 9.11. The van der Waals surface area contributed by atoms with Crippen LogP contribution in [0.5, 0.6) is 11.5 Å². The summed E-state index contributed by atoms with van der Waals surface area (Å²) in [5.41, 5.74) is 1.43. The first-order chi connectivity index (χ1) is 9.60. The van der Waals surface area contributed by atoms with E-state index in [2.05, 4.69) is 36.9 Å². The highest BCUT2D eigenvalue weighted by Gasteiger charge is 2.05. The maximum Gasteiger partial charge on any atom is 0.138 e. The third kappa shape index (κ3) is 3.84. The molecular formula is C15H13Br2NO2.